The van der Waals surface area contributed by atoms with E-state index in [9.17, 15) is 9.90 Å². The average molecular weight is 395 g/mol. The van der Waals surface area contributed by atoms with Crippen molar-refractivity contribution in [2.24, 2.45) is 0 Å². The number of hydrogen-bond acceptors (Lipinski definition) is 4. The lowest BCUT2D eigenvalue weighted by molar-refractivity contribution is 0.0548. The smallest absolute Gasteiger partial charge is 0.254 e. The number of rotatable bonds is 7. The van der Waals surface area contributed by atoms with E-state index in [1.165, 1.54) is 0 Å². The van der Waals surface area contributed by atoms with Crippen LogP contribution in [-0.4, -0.2) is 46.7 Å². The number of hydrogen-bond donors (Lipinski definition) is 1. The number of carbonyl (C=O) groups excluding carboxylic acids is 1. The lowest BCUT2D eigenvalue weighted by Gasteiger charge is -2.43. The number of amides is 1. The summed E-state index contributed by atoms with van der Waals surface area (Å²) in [5.74, 6) is 0.830. The number of carbonyl (C=O) groups is 1. The molecule has 5 heteroatoms. The molecule has 29 heavy (non-hydrogen) atoms. The van der Waals surface area contributed by atoms with Gasteiger partial charge in [0.2, 0.25) is 0 Å². The summed E-state index contributed by atoms with van der Waals surface area (Å²) >= 11 is 0. The van der Waals surface area contributed by atoms with Crippen LogP contribution in [0.4, 0.5) is 0 Å². The van der Waals surface area contributed by atoms with Gasteiger partial charge in [0.1, 0.15) is 5.75 Å². The number of aromatic nitrogens is 1. The normalized spacial score (nSPS) is 24.1. The summed E-state index contributed by atoms with van der Waals surface area (Å²) in [6.45, 7) is 0.163. The molecule has 2 aliphatic carbocycles. The SMILES string of the molecule is COc1cccc(C(=O)N(C2CC2)[C@H]2CC[C@](CCO)(c3ccccn3)CC2)c1. The van der Waals surface area contributed by atoms with Crippen molar-refractivity contribution in [3.05, 3.63) is 59.9 Å². The van der Waals surface area contributed by atoms with Gasteiger partial charge in [-0.15, -0.1) is 0 Å². The van der Waals surface area contributed by atoms with Crippen LogP contribution >= 0.6 is 0 Å². The molecule has 1 heterocycles. The molecule has 2 fully saturated rings. The van der Waals surface area contributed by atoms with Gasteiger partial charge < -0.3 is 14.7 Å². The molecule has 0 aliphatic heterocycles. The number of aliphatic hydroxyl groups excluding tert-OH is 1. The number of benzene rings is 1. The highest BCUT2D eigenvalue weighted by Gasteiger charge is 2.43. The molecular weight excluding hydrogens is 364 g/mol. The summed E-state index contributed by atoms with van der Waals surface area (Å²) in [5, 5.41) is 9.70. The van der Waals surface area contributed by atoms with Crippen LogP contribution in [0.3, 0.4) is 0 Å². The lowest BCUT2D eigenvalue weighted by Crippen LogP contribution is -2.47. The van der Waals surface area contributed by atoms with Crippen molar-refractivity contribution in [1.82, 2.24) is 9.88 Å². The third-order valence-electron chi connectivity index (χ3n) is 6.60. The van der Waals surface area contributed by atoms with E-state index in [1.807, 2.05) is 42.6 Å². The van der Waals surface area contributed by atoms with E-state index in [4.69, 9.17) is 4.74 Å². The highest BCUT2D eigenvalue weighted by Crippen LogP contribution is 2.44. The Kier molecular flexibility index (Phi) is 5.86. The van der Waals surface area contributed by atoms with Crippen molar-refractivity contribution in [3.8, 4) is 5.75 Å². The average Bonchev–Trinajstić information content (AvgIpc) is 3.61. The number of ether oxygens (including phenoxy) is 1. The first-order chi connectivity index (χ1) is 14.2. The van der Waals surface area contributed by atoms with E-state index in [0.717, 1.165) is 50.6 Å². The fraction of sp³-hybridized carbons (Fsp3) is 0.500. The molecular formula is C24H30N2O3. The fourth-order valence-electron chi connectivity index (χ4n) is 4.85. The molecule has 154 valence electrons. The standard InChI is InChI=1S/C24H30N2O3/c1-29-21-6-4-5-18(17-21)23(28)26(19-8-9-19)20-10-12-24(13-11-20,14-16-27)22-7-2-3-15-25-22/h2-7,15,17,19-20,27H,8-14,16H2,1H3/t20-,24-. The topological polar surface area (TPSA) is 62.7 Å². The van der Waals surface area contributed by atoms with Crippen LogP contribution in [0.25, 0.3) is 0 Å². The second-order valence-electron chi connectivity index (χ2n) is 8.38. The first-order valence-electron chi connectivity index (χ1n) is 10.7. The minimum Gasteiger partial charge on any atom is -0.497 e. The zero-order valence-electron chi connectivity index (χ0n) is 17.1. The van der Waals surface area contributed by atoms with E-state index in [-0.39, 0.29) is 24.0 Å². The van der Waals surface area contributed by atoms with Gasteiger partial charge in [-0.2, -0.15) is 0 Å². The van der Waals surface area contributed by atoms with E-state index in [0.29, 0.717) is 17.4 Å². The van der Waals surface area contributed by atoms with E-state index < -0.39 is 0 Å². The molecule has 1 N–H and O–H groups in total. The van der Waals surface area contributed by atoms with Gasteiger partial charge in [0, 0.05) is 41.6 Å². The highest BCUT2D eigenvalue weighted by atomic mass is 16.5. The molecule has 1 amide bonds. The zero-order chi connectivity index (χ0) is 20.3. The second kappa shape index (κ2) is 8.54. The molecule has 0 bridgehead atoms. The molecule has 2 aromatic rings. The van der Waals surface area contributed by atoms with Crippen LogP contribution in [0.2, 0.25) is 0 Å². The molecule has 0 spiro atoms. The third kappa shape index (κ3) is 4.15. The van der Waals surface area contributed by atoms with Gasteiger partial charge in [-0.05, 0) is 75.3 Å². The Bertz CT molecular complexity index is 827. The zero-order valence-corrected chi connectivity index (χ0v) is 17.1. The Morgan fingerprint density at radius 3 is 2.52 bits per heavy atom. The summed E-state index contributed by atoms with van der Waals surface area (Å²) in [7, 11) is 1.63. The summed E-state index contributed by atoms with van der Waals surface area (Å²) in [5.41, 5.74) is 1.69. The molecule has 0 saturated heterocycles. The highest BCUT2D eigenvalue weighted by molar-refractivity contribution is 5.95. The summed E-state index contributed by atoms with van der Waals surface area (Å²) in [6, 6.07) is 14.1. The molecule has 2 saturated carbocycles. The van der Waals surface area contributed by atoms with Crippen molar-refractivity contribution in [1.29, 1.82) is 0 Å². The summed E-state index contributed by atoms with van der Waals surface area (Å²) < 4.78 is 5.31. The maximum absolute atomic E-state index is 13.4. The second-order valence-corrected chi connectivity index (χ2v) is 8.38. The number of aliphatic hydroxyl groups is 1. The van der Waals surface area contributed by atoms with Crippen molar-refractivity contribution in [2.45, 2.75) is 62.4 Å². The molecule has 1 aromatic carbocycles. The molecule has 0 radical (unpaired) electrons. The Morgan fingerprint density at radius 2 is 1.90 bits per heavy atom. The molecule has 1 aromatic heterocycles. The van der Waals surface area contributed by atoms with Crippen LogP contribution in [-0.2, 0) is 5.41 Å². The minimum absolute atomic E-state index is 0.0826. The van der Waals surface area contributed by atoms with Gasteiger partial charge in [0.15, 0.2) is 0 Å². The molecule has 0 unspecified atom stereocenters. The van der Waals surface area contributed by atoms with Crippen LogP contribution in [0.1, 0.15) is 61.0 Å². The third-order valence-corrected chi connectivity index (χ3v) is 6.60. The molecule has 5 nitrogen and oxygen atoms in total. The van der Waals surface area contributed by atoms with E-state index >= 15 is 0 Å². The predicted octanol–water partition coefficient (Wildman–Crippen LogP) is 3.96. The maximum atomic E-state index is 13.4. The molecule has 4 rings (SSSR count). The van der Waals surface area contributed by atoms with Gasteiger partial charge in [-0.25, -0.2) is 0 Å². The van der Waals surface area contributed by atoms with Gasteiger partial charge >= 0.3 is 0 Å². The number of pyridine rings is 1. The number of methoxy groups -OCH3 is 1. The van der Waals surface area contributed by atoms with Gasteiger partial charge in [-0.1, -0.05) is 12.1 Å². The Morgan fingerprint density at radius 1 is 1.14 bits per heavy atom. The van der Waals surface area contributed by atoms with Crippen molar-refractivity contribution in [2.75, 3.05) is 13.7 Å². The monoisotopic (exact) mass is 394 g/mol. The Labute approximate surface area is 172 Å². The Hall–Kier alpha value is -2.40. The first-order valence-corrected chi connectivity index (χ1v) is 10.7. The van der Waals surface area contributed by atoms with Crippen molar-refractivity contribution >= 4 is 5.91 Å². The Balaban J connectivity index is 1.52. The van der Waals surface area contributed by atoms with Crippen LogP contribution in [0.15, 0.2) is 48.7 Å². The van der Waals surface area contributed by atoms with Crippen molar-refractivity contribution in [3.63, 3.8) is 0 Å². The lowest BCUT2D eigenvalue weighted by atomic mass is 9.68. The summed E-state index contributed by atoms with van der Waals surface area (Å²) in [4.78, 5) is 20.1. The maximum Gasteiger partial charge on any atom is 0.254 e. The first kappa shape index (κ1) is 19.9. The molecule has 0 atom stereocenters. The number of nitrogens with zero attached hydrogens (tertiary/aromatic N) is 2. The van der Waals surface area contributed by atoms with Gasteiger partial charge in [0.25, 0.3) is 5.91 Å². The van der Waals surface area contributed by atoms with Gasteiger partial charge in [-0.3, -0.25) is 9.78 Å². The summed E-state index contributed by atoms with van der Waals surface area (Å²) in [6.07, 6.45) is 8.54. The van der Waals surface area contributed by atoms with E-state index in [2.05, 4.69) is 16.0 Å². The quantitative estimate of drug-likeness (QED) is 0.772. The largest absolute Gasteiger partial charge is 0.497 e. The minimum atomic E-state index is -0.0826. The van der Waals surface area contributed by atoms with Crippen LogP contribution < -0.4 is 4.74 Å². The van der Waals surface area contributed by atoms with Crippen molar-refractivity contribution < 1.29 is 14.6 Å². The van der Waals surface area contributed by atoms with Crippen LogP contribution in [0.5, 0.6) is 5.75 Å². The van der Waals surface area contributed by atoms with E-state index in [1.54, 1.807) is 7.11 Å². The van der Waals surface area contributed by atoms with Crippen LogP contribution in [0, 0.1) is 0 Å². The molecule has 2 aliphatic rings. The fourth-order valence-corrected chi connectivity index (χ4v) is 4.85. The predicted molar refractivity (Wildman–Crippen MR) is 112 cm³/mol. The van der Waals surface area contributed by atoms with Gasteiger partial charge in [0.05, 0.1) is 7.11 Å².